The molecule has 5 aliphatic heterocycles. The molecule has 3 amide bonds. The van der Waals surface area contributed by atoms with Gasteiger partial charge in [-0.3, -0.25) is 29.6 Å². The lowest BCUT2D eigenvalue weighted by molar-refractivity contribution is -0.134. The molecule has 4 N–H and O–H groups in total. The molecular formula is C51H57F3N10O5. The maximum absolute atomic E-state index is 17.2. The van der Waals surface area contributed by atoms with E-state index in [-0.39, 0.29) is 41.2 Å². The van der Waals surface area contributed by atoms with Crippen LogP contribution in [0.1, 0.15) is 74.2 Å². The first-order valence-electron chi connectivity index (χ1n) is 24.5. The Bertz CT molecular complexity index is 2810. The molecule has 3 atom stereocenters. The molecule has 2 bridgehead atoms. The largest absolute Gasteiger partial charge is 0.508 e. The van der Waals surface area contributed by atoms with Gasteiger partial charge in [-0.05, 0) is 105 Å². The third-order valence-corrected chi connectivity index (χ3v) is 15.4. The number of halogens is 3. The molecule has 5 aromatic rings. The van der Waals surface area contributed by atoms with Crippen LogP contribution in [0, 0.1) is 22.9 Å². The lowest BCUT2D eigenvalue weighted by Gasteiger charge is -2.44. The minimum atomic E-state index is -1.04. The maximum atomic E-state index is 17.2. The molecule has 7 heterocycles. The molecule has 18 heteroatoms. The Morgan fingerprint density at radius 1 is 0.913 bits per heavy atom. The van der Waals surface area contributed by atoms with Crippen LogP contribution in [0.5, 0.6) is 11.8 Å². The number of amides is 3. The molecule has 6 aliphatic rings. The van der Waals surface area contributed by atoms with Crippen molar-refractivity contribution in [3.63, 3.8) is 0 Å². The van der Waals surface area contributed by atoms with Crippen LogP contribution in [0.2, 0.25) is 0 Å². The summed E-state index contributed by atoms with van der Waals surface area (Å²) >= 11 is 0. The number of pyridine rings is 1. The highest BCUT2D eigenvalue weighted by Gasteiger charge is 2.46. The topological polar surface area (TPSA) is 168 Å². The molecule has 362 valence electrons. The summed E-state index contributed by atoms with van der Waals surface area (Å²) in [4.78, 5) is 59.9. The number of aromatic nitrogens is 3. The number of benzene rings is 3. The number of anilines is 2. The summed E-state index contributed by atoms with van der Waals surface area (Å²) < 4.78 is 54.2. The van der Waals surface area contributed by atoms with Crippen LogP contribution in [0.25, 0.3) is 32.9 Å². The number of hydrogen-bond donors (Lipinski definition) is 4. The minimum absolute atomic E-state index is 0.0266. The van der Waals surface area contributed by atoms with E-state index in [1.165, 1.54) is 12.1 Å². The number of piperazine rings is 2. The number of carbonyl (C=O) groups excluding carboxylic acids is 3. The van der Waals surface area contributed by atoms with Crippen molar-refractivity contribution in [2.75, 3.05) is 75.3 Å². The second kappa shape index (κ2) is 18.3. The van der Waals surface area contributed by atoms with Gasteiger partial charge in [0.25, 0.3) is 5.91 Å². The molecule has 3 unspecified atom stereocenters. The summed E-state index contributed by atoms with van der Waals surface area (Å²) in [6.07, 6.45) is 8.64. The van der Waals surface area contributed by atoms with Gasteiger partial charge < -0.3 is 35.2 Å². The average Bonchev–Trinajstić information content (AvgIpc) is 4.03. The number of rotatable bonds is 12. The normalized spacial score (nSPS) is 23.2. The highest BCUT2D eigenvalue weighted by molar-refractivity contribution is 6.04. The Kier molecular flexibility index (Phi) is 12.0. The zero-order valence-electron chi connectivity index (χ0n) is 38.7. The minimum Gasteiger partial charge on any atom is -0.508 e. The van der Waals surface area contributed by atoms with E-state index in [1.807, 2.05) is 23.1 Å². The maximum Gasteiger partial charge on any atom is 0.319 e. The number of aromatic hydroxyl groups is 1. The first-order valence-corrected chi connectivity index (χ1v) is 24.5. The number of aryl methyl sites for hydroxylation is 1. The third kappa shape index (κ3) is 9.02. The lowest BCUT2D eigenvalue weighted by atomic mass is 9.95. The zero-order valence-corrected chi connectivity index (χ0v) is 38.7. The number of nitrogens with one attached hydrogen (secondary N) is 3. The molecule has 3 aromatic carbocycles. The summed E-state index contributed by atoms with van der Waals surface area (Å²) in [7, 11) is 0. The van der Waals surface area contributed by atoms with Gasteiger partial charge in [-0.2, -0.15) is 9.97 Å². The number of phenols is 1. The van der Waals surface area contributed by atoms with Crippen molar-refractivity contribution < 1.29 is 37.4 Å². The van der Waals surface area contributed by atoms with Gasteiger partial charge in [-0.1, -0.05) is 25.1 Å². The summed E-state index contributed by atoms with van der Waals surface area (Å²) in [5, 5.41) is 21.1. The van der Waals surface area contributed by atoms with E-state index in [2.05, 4.69) is 37.6 Å². The fourth-order valence-corrected chi connectivity index (χ4v) is 11.5. The molecule has 11 rings (SSSR count). The van der Waals surface area contributed by atoms with Gasteiger partial charge in [0, 0.05) is 93.2 Å². The van der Waals surface area contributed by atoms with Gasteiger partial charge in [0.1, 0.15) is 46.0 Å². The molecule has 0 radical (unpaired) electrons. The monoisotopic (exact) mass is 946 g/mol. The van der Waals surface area contributed by atoms with E-state index in [9.17, 15) is 19.5 Å². The number of fused-ring (bicyclic) bond motifs is 4. The van der Waals surface area contributed by atoms with Crippen LogP contribution in [-0.2, 0) is 16.0 Å². The van der Waals surface area contributed by atoms with Gasteiger partial charge in [0.05, 0.1) is 12.0 Å². The molecule has 1 saturated carbocycles. The molecule has 5 saturated heterocycles. The van der Waals surface area contributed by atoms with Crippen molar-refractivity contribution >= 4 is 50.9 Å². The standard InChI is InChI=1S/C51H57F3N10O5/c1-2-29-4-3-5-30-20-35(65)23-36(42(29)30)45-44(54)46-37(24-55-45)47(64-25-31-6-7-32(26-64)56-31)60-50(59-46)69-28-51(12-13-51)27-61-14-10-33(11-15-61)62-16-18-63(19-17-62)34-21-38(52)43(39(53)22-34)49(68)57-40-8-9-41(66)58-48(40)67/h3-5,20-24,31-33,40,56,65H,2,6-19,25-28H2,1H3,(H,57,68)(H,58,66,67). The van der Waals surface area contributed by atoms with Crippen molar-refractivity contribution in [3.05, 3.63) is 77.2 Å². The molecule has 15 nitrogen and oxygen atoms in total. The summed E-state index contributed by atoms with van der Waals surface area (Å²) in [5.74, 6) is -4.12. The van der Waals surface area contributed by atoms with E-state index in [0.29, 0.717) is 60.3 Å². The van der Waals surface area contributed by atoms with E-state index >= 15 is 13.2 Å². The van der Waals surface area contributed by atoms with Crippen LogP contribution in [-0.4, -0.2) is 137 Å². The fourth-order valence-electron chi connectivity index (χ4n) is 11.5. The smallest absolute Gasteiger partial charge is 0.319 e. The van der Waals surface area contributed by atoms with Gasteiger partial charge in [0.15, 0.2) is 5.82 Å². The van der Waals surface area contributed by atoms with Crippen LogP contribution < -0.4 is 30.5 Å². The number of piperidine rings is 2. The number of ether oxygens (including phenoxy) is 1. The Morgan fingerprint density at radius 3 is 2.35 bits per heavy atom. The van der Waals surface area contributed by atoms with E-state index in [4.69, 9.17) is 19.7 Å². The predicted molar refractivity (Wildman–Crippen MR) is 254 cm³/mol. The van der Waals surface area contributed by atoms with E-state index in [0.717, 1.165) is 107 Å². The molecule has 69 heavy (non-hydrogen) atoms. The van der Waals surface area contributed by atoms with Gasteiger partial charge in [-0.25, -0.2) is 13.2 Å². The van der Waals surface area contributed by atoms with Crippen LogP contribution in [0.4, 0.5) is 24.7 Å². The van der Waals surface area contributed by atoms with Crippen LogP contribution in [0.15, 0.2) is 48.7 Å². The third-order valence-electron chi connectivity index (χ3n) is 15.4. The summed E-state index contributed by atoms with van der Waals surface area (Å²) in [6.45, 7) is 9.29. The Hall–Kier alpha value is -6.11. The zero-order chi connectivity index (χ0) is 47.6. The van der Waals surface area contributed by atoms with Crippen molar-refractivity contribution in [2.45, 2.75) is 88.9 Å². The van der Waals surface area contributed by atoms with Crippen molar-refractivity contribution in [3.8, 4) is 23.0 Å². The quantitative estimate of drug-likeness (QED) is 0.117. The average molecular weight is 947 g/mol. The highest BCUT2D eigenvalue weighted by atomic mass is 19.1. The first kappa shape index (κ1) is 45.3. The Labute approximate surface area is 397 Å². The second-order valence-electron chi connectivity index (χ2n) is 20.0. The number of hydrogen-bond acceptors (Lipinski definition) is 13. The van der Waals surface area contributed by atoms with Gasteiger partial charge in [0.2, 0.25) is 11.8 Å². The first-order chi connectivity index (χ1) is 33.4. The molecule has 2 aromatic heterocycles. The van der Waals surface area contributed by atoms with E-state index in [1.54, 1.807) is 18.3 Å². The fraction of sp³-hybridized carbons (Fsp3) is 0.490. The molecule has 1 aliphatic carbocycles. The predicted octanol–water partition coefficient (Wildman–Crippen LogP) is 5.45. The number of carbonyl (C=O) groups is 3. The second-order valence-corrected chi connectivity index (χ2v) is 20.0. The number of nitrogens with zero attached hydrogens (tertiary/aromatic N) is 7. The van der Waals surface area contributed by atoms with Gasteiger partial charge in [-0.15, -0.1) is 0 Å². The highest BCUT2D eigenvalue weighted by Crippen LogP contribution is 2.47. The molecule has 0 spiro atoms. The lowest BCUT2D eigenvalue weighted by Crippen LogP contribution is -2.53. The van der Waals surface area contributed by atoms with E-state index < -0.39 is 46.8 Å². The van der Waals surface area contributed by atoms with Crippen LogP contribution in [0.3, 0.4) is 0 Å². The number of likely N-dealkylation sites (tertiary alicyclic amines) is 1. The molecular weight excluding hydrogens is 890 g/mol. The SMILES string of the molecule is CCc1cccc2cc(O)cc(-c3ncc4c(N5CC6CCC(C5)N6)nc(OCC5(CN6CCC(N7CCN(c8cc(F)c(C(=O)NC9CCC(=O)NC9=O)c(F)c8)CC7)CC6)CC5)nc4c3F)c12. The number of imide groups is 1. The Morgan fingerprint density at radius 2 is 1.65 bits per heavy atom. The van der Waals surface area contributed by atoms with Gasteiger partial charge >= 0.3 is 6.01 Å². The summed E-state index contributed by atoms with van der Waals surface area (Å²) in [6, 6.07) is 11.6. The van der Waals surface area contributed by atoms with Crippen molar-refractivity contribution in [2.24, 2.45) is 5.41 Å². The molecule has 6 fully saturated rings. The van der Waals surface area contributed by atoms with Crippen molar-refractivity contribution in [1.82, 2.24) is 40.7 Å². The summed E-state index contributed by atoms with van der Waals surface area (Å²) in [5.41, 5.74) is 1.36. The number of phenolic OH excluding ortho intramolecular Hbond substituents is 1. The van der Waals surface area contributed by atoms with Crippen LogP contribution >= 0.6 is 0 Å². The van der Waals surface area contributed by atoms with Crippen molar-refractivity contribution in [1.29, 1.82) is 0 Å². The Balaban J connectivity index is 0.733.